The van der Waals surface area contributed by atoms with E-state index in [4.69, 9.17) is 4.74 Å². The van der Waals surface area contributed by atoms with Crippen molar-refractivity contribution in [2.45, 2.75) is 12.8 Å². The van der Waals surface area contributed by atoms with Crippen molar-refractivity contribution in [1.29, 1.82) is 0 Å². The van der Waals surface area contributed by atoms with Crippen LogP contribution in [0.4, 0.5) is 0 Å². The molecule has 1 atom stereocenters. The van der Waals surface area contributed by atoms with E-state index in [1.54, 1.807) is 7.11 Å². The van der Waals surface area contributed by atoms with Crippen LogP contribution in [0, 0.1) is 0 Å². The topological polar surface area (TPSA) is 22.1 Å². The first-order valence-electron chi connectivity index (χ1n) is 7.44. The van der Waals surface area contributed by atoms with Gasteiger partial charge in [-0.1, -0.05) is 49.4 Å². The fraction of sp³-hybridized carbons (Fsp3) is 0.150. The van der Waals surface area contributed by atoms with Gasteiger partial charge in [0.2, 0.25) is 0 Å². The highest BCUT2D eigenvalue weighted by Crippen LogP contribution is 2.34. The zero-order valence-corrected chi connectivity index (χ0v) is 12.9. The molecule has 0 fully saturated rings. The van der Waals surface area contributed by atoms with E-state index in [1.807, 2.05) is 36.5 Å². The molecule has 0 spiro atoms. The number of hydrogen-bond donors (Lipinski definition) is 0. The number of rotatable bonds is 4. The fourth-order valence-electron chi connectivity index (χ4n) is 2.71. The molecule has 0 saturated heterocycles. The van der Waals surface area contributed by atoms with Gasteiger partial charge in [0.15, 0.2) is 0 Å². The summed E-state index contributed by atoms with van der Waals surface area (Å²) in [6.45, 7) is 2.23. The molecule has 0 N–H and O–H groups in total. The summed E-state index contributed by atoms with van der Waals surface area (Å²) in [7, 11) is 1.69. The van der Waals surface area contributed by atoms with Crippen LogP contribution in [0.2, 0.25) is 0 Å². The predicted octanol–water partition coefficient (Wildman–Crippen LogP) is 4.91. The van der Waals surface area contributed by atoms with Crippen molar-refractivity contribution in [1.82, 2.24) is 4.98 Å². The first-order valence-corrected chi connectivity index (χ1v) is 7.44. The minimum absolute atomic E-state index is 0.295. The Kier molecular flexibility index (Phi) is 4.19. The van der Waals surface area contributed by atoms with Gasteiger partial charge in [0, 0.05) is 17.7 Å². The summed E-state index contributed by atoms with van der Waals surface area (Å²) in [5.41, 5.74) is 4.64. The highest BCUT2D eigenvalue weighted by atomic mass is 16.5. The molecular formula is C20H19NO. The second-order valence-electron chi connectivity index (χ2n) is 5.30. The molecule has 0 aliphatic rings. The molecule has 0 bridgehead atoms. The third-order valence-corrected chi connectivity index (χ3v) is 3.97. The summed E-state index contributed by atoms with van der Waals surface area (Å²) in [5, 5.41) is 0. The van der Waals surface area contributed by atoms with Crippen molar-refractivity contribution >= 4 is 0 Å². The van der Waals surface area contributed by atoms with Crippen molar-refractivity contribution in [2.24, 2.45) is 0 Å². The van der Waals surface area contributed by atoms with E-state index in [1.165, 1.54) is 11.1 Å². The van der Waals surface area contributed by atoms with Crippen LogP contribution in [-0.4, -0.2) is 12.1 Å². The first kappa shape index (κ1) is 14.3. The molecule has 2 nitrogen and oxygen atoms in total. The van der Waals surface area contributed by atoms with Gasteiger partial charge in [-0.05, 0) is 35.4 Å². The van der Waals surface area contributed by atoms with Crippen molar-refractivity contribution in [3.8, 4) is 17.0 Å². The van der Waals surface area contributed by atoms with Gasteiger partial charge in [-0.2, -0.15) is 0 Å². The average Bonchev–Trinajstić information content (AvgIpc) is 2.62. The number of benzene rings is 2. The van der Waals surface area contributed by atoms with Gasteiger partial charge in [0.05, 0.1) is 12.8 Å². The van der Waals surface area contributed by atoms with E-state index in [2.05, 4.69) is 48.3 Å². The summed E-state index contributed by atoms with van der Waals surface area (Å²) in [5.74, 6) is 1.15. The maximum absolute atomic E-state index is 5.39. The zero-order valence-electron chi connectivity index (χ0n) is 12.9. The van der Waals surface area contributed by atoms with Crippen LogP contribution in [0.5, 0.6) is 5.75 Å². The third kappa shape index (κ3) is 2.86. The van der Waals surface area contributed by atoms with E-state index >= 15 is 0 Å². The largest absolute Gasteiger partial charge is 0.497 e. The van der Waals surface area contributed by atoms with Crippen LogP contribution in [0.15, 0.2) is 72.9 Å². The monoisotopic (exact) mass is 289 g/mol. The quantitative estimate of drug-likeness (QED) is 0.681. The van der Waals surface area contributed by atoms with E-state index in [9.17, 15) is 0 Å². The van der Waals surface area contributed by atoms with E-state index in [0.29, 0.717) is 5.92 Å². The number of hydrogen-bond acceptors (Lipinski definition) is 2. The van der Waals surface area contributed by atoms with E-state index in [0.717, 1.165) is 17.0 Å². The Balaban J connectivity index is 2.11. The molecule has 0 saturated carbocycles. The van der Waals surface area contributed by atoms with Crippen LogP contribution < -0.4 is 4.74 Å². The molecule has 22 heavy (non-hydrogen) atoms. The van der Waals surface area contributed by atoms with Gasteiger partial charge < -0.3 is 4.74 Å². The van der Waals surface area contributed by atoms with Crippen LogP contribution in [-0.2, 0) is 0 Å². The Labute approximate surface area is 131 Å². The van der Waals surface area contributed by atoms with Crippen LogP contribution in [0.25, 0.3) is 11.3 Å². The van der Waals surface area contributed by atoms with Gasteiger partial charge in [0.1, 0.15) is 5.75 Å². The Hall–Kier alpha value is -2.61. The van der Waals surface area contributed by atoms with Gasteiger partial charge in [-0.15, -0.1) is 0 Å². The summed E-state index contributed by atoms with van der Waals surface area (Å²) in [4.78, 5) is 4.51. The molecule has 110 valence electrons. The molecule has 2 heteroatoms. The molecular weight excluding hydrogens is 270 g/mol. The molecule has 1 unspecified atom stereocenters. The fourth-order valence-corrected chi connectivity index (χ4v) is 2.71. The number of aromatic nitrogens is 1. The summed E-state index contributed by atoms with van der Waals surface area (Å²) >= 11 is 0. The standard InChI is InChI=1S/C20H19NO/c1-15(16-8-4-3-5-9-16)18-12-11-17(22-2)14-19(18)20-10-6-7-13-21-20/h3-15H,1-2H3. The van der Waals surface area contributed by atoms with Gasteiger partial charge in [0.25, 0.3) is 0 Å². The number of ether oxygens (including phenoxy) is 1. The van der Waals surface area contributed by atoms with Gasteiger partial charge in [-0.25, -0.2) is 0 Å². The van der Waals surface area contributed by atoms with E-state index in [-0.39, 0.29) is 0 Å². The number of pyridine rings is 1. The Morgan fingerprint density at radius 1 is 0.909 bits per heavy atom. The normalized spacial score (nSPS) is 11.9. The molecule has 0 amide bonds. The maximum atomic E-state index is 5.39. The van der Waals surface area contributed by atoms with Crippen molar-refractivity contribution in [2.75, 3.05) is 7.11 Å². The second-order valence-corrected chi connectivity index (χ2v) is 5.30. The lowest BCUT2D eigenvalue weighted by Gasteiger charge is -2.18. The molecule has 2 aromatic carbocycles. The highest BCUT2D eigenvalue weighted by Gasteiger charge is 2.15. The Morgan fingerprint density at radius 3 is 2.36 bits per heavy atom. The van der Waals surface area contributed by atoms with Crippen molar-refractivity contribution in [3.63, 3.8) is 0 Å². The molecule has 3 aromatic rings. The summed E-state index contributed by atoms with van der Waals surface area (Å²) in [6, 6.07) is 22.7. The lowest BCUT2D eigenvalue weighted by atomic mass is 9.88. The molecule has 1 aromatic heterocycles. The van der Waals surface area contributed by atoms with Crippen LogP contribution >= 0.6 is 0 Å². The third-order valence-electron chi connectivity index (χ3n) is 3.97. The van der Waals surface area contributed by atoms with Crippen molar-refractivity contribution < 1.29 is 4.74 Å². The van der Waals surface area contributed by atoms with Crippen LogP contribution in [0.1, 0.15) is 24.0 Å². The molecule has 0 radical (unpaired) electrons. The highest BCUT2D eigenvalue weighted by molar-refractivity contribution is 5.67. The Morgan fingerprint density at radius 2 is 1.68 bits per heavy atom. The van der Waals surface area contributed by atoms with Gasteiger partial charge in [-0.3, -0.25) is 4.98 Å². The van der Waals surface area contributed by atoms with Crippen molar-refractivity contribution in [3.05, 3.63) is 84.1 Å². The first-order chi connectivity index (χ1) is 10.8. The molecule has 0 aliphatic carbocycles. The molecule has 0 aliphatic heterocycles. The molecule has 3 rings (SSSR count). The lowest BCUT2D eigenvalue weighted by molar-refractivity contribution is 0.415. The van der Waals surface area contributed by atoms with E-state index < -0.39 is 0 Å². The average molecular weight is 289 g/mol. The molecule has 1 heterocycles. The predicted molar refractivity (Wildman–Crippen MR) is 90.2 cm³/mol. The maximum Gasteiger partial charge on any atom is 0.119 e. The number of nitrogens with zero attached hydrogens (tertiary/aromatic N) is 1. The summed E-state index contributed by atoms with van der Waals surface area (Å²) < 4.78 is 5.39. The summed E-state index contributed by atoms with van der Waals surface area (Å²) in [6.07, 6.45) is 1.83. The number of methoxy groups -OCH3 is 1. The minimum atomic E-state index is 0.295. The lowest BCUT2D eigenvalue weighted by Crippen LogP contribution is -2.00. The smallest absolute Gasteiger partial charge is 0.119 e. The minimum Gasteiger partial charge on any atom is -0.497 e. The SMILES string of the molecule is COc1ccc(C(C)c2ccccc2)c(-c2ccccn2)c1. The van der Waals surface area contributed by atoms with Gasteiger partial charge >= 0.3 is 0 Å². The van der Waals surface area contributed by atoms with Crippen LogP contribution in [0.3, 0.4) is 0 Å². The second kappa shape index (κ2) is 6.44. The zero-order chi connectivity index (χ0) is 15.4. The Bertz CT molecular complexity index is 738.